The summed E-state index contributed by atoms with van der Waals surface area (Å²) in [5.74, 6) is -0.561. The fraction of sp³-hybridized carbons (Fsp3) is 0.0833. The summed E-state index contributed by atoms with van der Waals surface area (Å²) in [6, 6.07) is 8.31. The molecule has 18 heavy (non-hydrogen) atoms. The summed E-state index contributed by atoms with van der Waals surface area (Å²) in [5, 5.41) is 10.4. The summed E-state index contributed by atoms with van der Waals surface area (Å²) < 4.78 is 5.12. The third-order valence-electron chi connectivity index (χ3n) is 2.18. The van der Waals surface area contributed by atoms with Crippen molar-refractivity contribution >= 4 is 40.9 Å². The van der Waals surface area contributed by atoms with Gasteiger partial charge in [0.15, 0.2) is 5.09 Å². The highest BCUT2D eigenvalue weighted by Gasteiger charge is 2.10. The van der Waals surface area contributed by atoms with Crippen LogP contribution in [0, 0.1) is 0 Å². The number of aromatic carboxylic acids is 1. The maximum Gasteiger partial charge on any atom is 0.371 e. The van der Waals surface area contributed by atoms with Gasteiger partial charge < -0.3 is 9.52 Å². The van der Waals surface area contributed by atoms with Crippen LogP contribution in [-0.4, -0.2) is 11.1 Å². The topological polar surface area (TPSA) is 50.4 Å². The molecule has 0 amide bonds. The molecule has 2 rings (SSSR count). The van der Waals surface area contributed by atoms with Gasteiger partial charge >= 0.3 is 5.97 Å². The zero-order chi connectivity index (χ0) is 13.1. The Bertz CT molecular complexity index is 580. The summed E-state index contributed by atoms with van der Waals surface area (Å²) in [4.78, 5) is 10.6. The molecule has 3 nitrogen and oxygen atoms in total. The zero-order valence-corrected chi connectivity index (χ0v) is 11.4. The molecule has 0 atom stereocenters. The summed E-state index contributed by atoms with van der Waals surface area (Å²) in [6.07, 6.45) is 0. The van der Waals surface area contributed by atoms with Crippen LogP contribution in [0.25, 0.3) is 0 Å². The smallest absolute Gasteiger partial charge is 0.371 e. The van der Waals surface area contributed by atoms with Crippen LogP contribution in [0.1, 0.15) is 16.1 Å². The fourth-order valence-electron chi connectivity index (χ4n) is 1.30. The van der Waals surface area contributed by atoms with Gasteiger partial charge in [0.1, 0.15) is 0 Å². The summed E-state index contributed by atoms with van der Waals surface area (Å²) in [7, 11) is 0. The number of carboxylic acids is 1. The second-order valence-electron chi connectivity index (χ2n) is 3.45. The number of rotatable bonds is 4. The second kappa shape index (κ2) is 5.69. The second-order valence-corrected chi connectivity index (χ2v) is 5.27. The first-order valence-corrected chi connectivity index (χ1v) is 6.70. The zero-order valence-electron chi connectivity index (χ0n) is 9.02. The number of hydrogen-bond donors (Lipinski definition) is 1. The van der Waals surface area contributed by atoms with Crippen LogP contribution in [-0.2, 0) is 5.75 Å². The van der Waals surface area contributed by atoms with E-state index in [1.165, 1.54) is 17.8 Å². The molecule has 94 valence electrons. The van der Waals surface area contributed by atoms with Gasteiger partial charge in [-0.1, -0.05) is 41.0 Å². The Hall–Kier alpha value is -1.10. The Morgan fingerprint density at radius 1 is 1.28 bits per heavy atom. The van der Waals surface area contributed by atoms with Crippen LogP contribution >= 0.6 is 35.0 Å². The largest absolute Gasteiger partial charge is 0.475 e. The maximum absolute atomic E-state index is 10.6. The van der Waals surface area contributed by atoms with Gasteiger partial charge in [-0.05, 0) is 29.8 Å². The molecule has 0 aliphatic carbocycles. The van der Waals surface area contributed by atoms with Gasteiger partial charge in [0.2, 0.25) is 5.76 Å². The maximum atomic E-state index is 10.6. The van der Waals surface area contributed by atoms with Gasteiger partial charge in [-0.2, -0.15) is 0 Å². The Kier molecular flexibility index (Phi) is 4.22. The Labute approximate surface area is 118 Å². The Balaban J connectivity index is 2.04. The molecular formula is C12H8Cl2O3S. The molecule has 0 radical (unpaired) electrons. The Morgan fingerprint density at radius 2 is 2.06 bits per heavy atom. The van der Waals surface area contributed by atoms with E-state index in [2.05, 4.69) is 0 Å². The minimum absolute atomic E-state index is 0.0697. The van der Waals surface area contributed by atoms with Gasteiger partial charge in [0, 0.05) is 15.8 Å². The lowest BCUT2D eigenvalue weighted by Gasteiger charge is -2.02. The molecule has 1 heterocycles. The molecule has 0 spiro atoms. The molecule has 1 N–H and O–H groups in total. The molecule has 2 aromatic rings. The van der Waals surface area contributed by atoms with E-state index in [0.717, 1.165) is 5.56 Å². The predicted molar refractivity (Wildman–Crippen MR) is 71.7 cm³/mol. The SMILES string of the molecule is O=C(O)c1ccc(SCc2ccc(Cl)cc2Cl)o1. The van der Waals surface area contributed by atoms with E-state index in [1.807, 2.05) is 6.07 Å². The number of halogens is 2. The number of benzene rings is 1. The van der Waals surface area contributed by atoms with Crippen LogP contribution in [0.3, 0.4) is 0 Å². The van der Waals surface area contributed by atoms with Crippen molar-refractivity contribution in [3.63, 3.8) is 0 Å². The van der Waals surface area contributed by atoms with Crippen molar-refractivity contribution in [2.24, 2.45) is 0 Å². The summed E-state index contributed by atoms with van der Waals surface area (Å²) >= 11 is 13.2. The third kappa shape index (κ3) is 3.22. The molecule has 0 saturated heterocycles. The first-order chi connectivity index (χ1) is 8.56. The number of carboxylic acid groups (broad SMARTS) is 1. The standard InChI is InChI=1S/C12H8Cl2O3S/c13-8-2-1-7(9(14)5-8)6-18-11-4-3-10(17-11)12(15)16/h1-5H,6H2,(H,15,16). The Morgan fingerprint density at radius 3 is 2.67 bits per heavy atom. The van der Waals surface area contributed by atoms with Crippen LogP contribution in [0.2, 0.25) is 10.0 Å². The average molecular weight is 303 g/mol. The van der Waals surface area contributed by atoms with Crippen molar-refractivity contribution in [2.75, 3.05) is 0 Å². The van der Waals surface area contributed by atoms with E-state index in [0.29, 0.717) is 20.9 Å². The number of carbonyl (C=O) groups is 1. The average Bonchev–Trinajstić information content (AvgIpc) is 2.76. The third-order valence-corrected chi connectivity index (χ3v) is 3.72. The monoisotopic (exact) mass is 302 g/mol. The van der Waals surface area contributed by atoms with E-state index in [-0.39, 0.29) is 5.76 Å². The van der Waals surface area contributed by atoms with Crippen molar-refractivity contribution in [3.8, 4) is 0 Å². The predicted octanol–water partition coefficient (Wildman–Crippen LogP) is 4.58. The molecule has 1 aromatic heterocycles. The minimum Gasteiger partial charge on any atom is -0.475 e. The van der Waals surface area contributed by atoms with Crippen LogP contribution in [0.5, 0.6) is 0 Å². The highest BCUT2D eigenvalue weighted by atomic mass is 35.5. The lowest BCUT2D eigenvalue weighted by atomic mass is 10.2. The van der Waals surface area contributed by atoms with Crippen LogP contribution in [0.4, 0.5) is 0 Å². The van der Waals surface area contributed by atoms with Crippen molar-refractivity contribution in [1.29, 1.82) is 0 Å². The van der Waals surface area contributed by atoms with Gasteiger partial charge in [0.05, 0.1) is 0 Å². The van der Waals surface area contributed by atoms with E-state index in [4.69, 9.17) is 32.7 Å². The van der Waals surface area contributed by atoms with E-state index < -0.39 is 5.97 Å². The molecule has 0 bridgehead atoms. The first kappa shape index (κ1) is 13.3. The van der Waals surface area contributed by atoms with Crippen molar-refractivity contribution in [2.45, 2.75) is 10.8 Å². The molecule has 6 heteroatoms. The lowest BCUT2D eigenvalue weighted by molar-refractivity contribution is 0.0656. The van der Waals surface area contributed by atoms with Crippen molar-refractivity contribution in [1.82, 2.24) is 0 Å². The van der Waals surface area contributed by atoms with Gasteiger partial charge in [-0.25, -0.2) is 4.79 Å². The molecular weight excluding hydrogens is 295 g/mol. The van der Waals surface area contributed by atoms with Crippen LogP contribution < -0.4 is 0 Å². The van der Waals surface area contributed by atoms with Crippen LogP contribution in [0.15, 0.2) is 39.8 Å². The van der Waals surface area contributed by atoms with E-state index in [9.17, 15) is 4.79 Å². The number of hydrogen-bond acceptors (Lipinski definition) is 3. The van der Waals surface area contributed by atoms with Crippen molar-refractivity contribution in [3.05, 3.63) is 51.7 Å². The summed E-state index contributed by atoms with van der Waals surface area (Å²) in [6.45, 7) is 0. The fourth-order valence-corrected chi connectivity index (χ4v) is 2.72. The molecule has 0 unspecified atom stereocenters. The van der Waals surface area contributed by atoms with E-state index in [1.54, 1.807) is 18.2 Å². The molecule has 0 saturated carbocycles. The molecule has 1 aromatic carbocycles. The highest BCUT2D eigenvalue weighted by Crippen LogP contribution is 2.29. The number of thioether (sulfide) groups is 1. The quantitative estimate of drug-likeness (QED) is 0.840. The highest BCUT2D eigenvalue weighted by molar-refractivity contribution is 7.98. The summed E-state index contributed by atoms with van der Waals surface area (Å²) in [5.41, 5.74) is 0.916. The van der Waals surface area contributed by atoms with Crippen molar-refractivity contribution < 1.29 is 14.3 Å². The minimum atomic E-state index is -1.08. The number of furan rings is 1. The normalized spacial score (nSPS) is 10.6. The van der Waals surface area contributed by atoms with E-state index >= 15 is 0 Å². The van der Waals surface area contributed by atoms with Gasteiger partial charge in [-0.3, -0.25) is 0 Å². The van der Waals surface area contributed by atoms with Gasteiger partial charge in [-0.15, -0.1) is 0 Å². The lowest BCUT2D eigenvalue weighted by Crippen LogP contribution is -1.91. The molecule has 0 fully saturated rings. The van der Waals surface area contributed by atoms with Gasteiger partial charge in [0.25, 0.3) is 0 Å². The first-order valence-electron chi connectivity index (χ1n) is 4.96. The molecule has 0 aliphatic heterocycles. The molecule has 0 aliphatic rings.